The zero-order valence-corrected chi connectivity index (χ0v) is 67.3. The maximum absolute atomic E-state index is 16.4. The van der Waals surface area contributed by atoms with E-state index in [1.54, 1.807) is 72.6 Å². The summed E-state index contributed by atoms with van der Waals surface area (Å²) in [5, 5.41) is 74.4. The lowest BCUT2D eigenvalue weighted by Gasteiger charge is -2.40. The van der Waals surface area contributed by atoms with Crippen molar-refractivity contribution in [3.05, 3.63) is 136 Å². The predicted octanol–water partition coefficient (Wildman–Crippen LogP) is 0.172. The van der Waals surface area contributed by atoms with Crippen LogP contribution in [0.4, 0.5) is 4.39 Å². The molecule has 12 rings (SSSR count). The van der Waals surface area contributed by atoms with Gasteiger partial charge in [0.05, 0.1) is 37.9 Å². The van der Waals surface area contributed by atoms with Crippen LogP contribution in [-0.2, 0) is 117 Å². The van der Waals surface area contributed by atoms with E-state index in [2.05, 4.69) is 42.5 Å². The lowest BCUT2D eigenvalue weighted by molar-refractivity contribution is -0.236. The first-order chi connectivity index (χ1) is 57.0. The average Bonchev–Trinajstić information content (AvgIpc) is 1.65. The molecule has 0 saturated carbocycles. The van der Waals surface area contributed by atoms with Crippen LogP contribution in [0.15, 0.2) is 97.2 Å². The van der Waals surface area contributed by atoms with Crippen molar-refractivity contribution in [2.45, 2.75) is 228 Å². The van der Waals surface area contributed by atoms with E-state index in [9.17, 15) is 59.1 Å². The van der Waals surface area contributed by atoms with Crippen LogP contribution < -0.4 is 47.3 Å². The standard InChI is InChI=1S/C85H109FN12O21/c1-48-78(111)93-63(43-89-69(103)23-24-71(105)94-81-77(110)76(109)75(108)68(46-99)119-81)80(113)91-61-37-53-11-9-12-54(35-53)42-88-72(106)47-118-67-28-34-97-74(67)66(102)41-59(49(2)100)79(112)92-62(36-51-17-20-58(117-4)21-18-51)83(115)98-33-10-29-85(98,3)84(116)87-30-27-50-13-15-52(16-14-50)44-96(73(107)26-25-70(104)90-48)32-8-6-5-7-31-95-45-56(38-55(82(97)114)39-65(61)101)60-40-57(86)19-22-64(60)95/h9,11-22,35,40,45,48-49,55,59,61-63,67-68,74-77,81,99-100,108-110H,5-8,10,23-34,36-39,41-44,46-47H2,1-4H3,(H,87,116)(H,88,106)(H,89,103)(H,90,104)(H,91,113)(H,92,112)(H,93,111)(H,94,105)/t48-,49+,55+,59-,61-,62-,63+,67-,68?,74+,75?,76?,77?,81?,85-/m0/s1. The molecule has 3 saturated heterocycles. The summed E-state index contributed by atoms with van der Waals surface area (Å²) in [6.07, 6.45) is -10.5. The highest BCUT2D eigenvalue weighted by molar-refractivity contribution is 6.00. The fraction of sp³-hybridized carbons (Fsp3) is 0.541. The molecular weight excluding hydrogens is 1540 g/mol. The van der Waals surface area contributed by atoms with Crippen LogP contribution >= 0.6 is 0 Å². The number of ketones is 2. The first kappa shape index (κ1) is 89.2. The Balaban J connectivity index is 0.992. The van der Waals surface area contributed by atoms with Crippen LogP contribution in [0.25, 0.3) is 10.9 Å². The molecule has 4 aromatic carbocycles. The molecule has 5 aromatic rings. The number of halogens is 1. The van der Waals surface area contributed by atoms with E-state index in [0.717, 1.165) is 11.1 Å². The molecular formula is C85H109FN12O21. The summed E-state index contributed by atoms with van der Waals surface area (Å²) >= 11 is 0. The second kappa shape index (κ2) is 40.9. The van der Waals surface area contributed by atoms with Crippen molar-refractivity contribution in [2.75, 3.05) is 53.0 Å². The highest BCUT2D eigenvalue weighted by atomic mass is 19.1. The SMILES string of the molecule is COc1ccc(C[C@@H]2NC(=O)[C@H]([C@@H](C)O)CC(=O)[C@@H]3[C@@H]4CCN3C(=O)[C@H]3CC(=O)[C@H](Cc5cccc(c5)CNC(=O)CO4)NC(=O)[C@@H](CNC(=O)CCC(=O)NC4OC(CO)C(O)C(O)C4O)NC(=O)[C@H](C)NC(=O)CCC(=O)N(CCCCCCn4cc(c5cc(F)ccc54)C3)Cc3ccc(cc3)CCNC(=O)[C@]3(C)CCCN3C2=O)cc1. The molecule has 33 nitrogen and oxygen atoms in total. The van der Waals surface area contributed by atoms with Gasteiger partial charge < -0.3 is 102 Å². The number of fused-ring (bicyclic) bond motifs is 16. The fourth-order valence-electron chi connectivity index (χ4n) is 16.5. The van der Waals surface area contributed by atoms with E-state index in [4.69, 9.17) is 14.2 Å². The Bertz CT molecular complexity index is 4520. The molecule has 1 aromatic heterocycles. The number of benzene rings is 4. The number of nitrogens with one attached hydrogen (secondary N) is 8. The highest BCUT2D eigenvalue weighted by Crippen LogP contribution is 2.35. The van der Waals surface area contributed by atoms with Crippen LogP contribution in [-0.4, -0.2) is 253 Å². The smallest absolute Gasteiger partial charge is 0.246 e. The number of nitrogens with zero attached hydrogens (tertiary/aromatic N) is 4. The maximum atomic E-state index is 16.4. The van der Waals surface area contributed by atoms with Gasteiger partial charge in [-0.25, -0.2) is 4.39 Å². The molecule has 119 heavy (non-hydrogen) atoms. The normalized spacial score (nSPS) is 28.0. The Hall–Kier alpha value is -10.6. The van der Waals surface area contributed by atoms with E-state index in [-0.39, 0.29) is 83.7 Å². The third kappa shape index (κ3) is 22.9. The molecule has 8 heterocycles. The molecule has 34 heteroatoms. The number of hydrogen-bond donors (Lipinski definition) is 13. The number of aryl methyl sites for hydroxylation is 1. The van der Waals surface area contributed by atoms with Crippen molar-refractivity contribution >= 4 is 87.4 Å². The van der Waals surface area contributed by atoms with Gasteiger partial charge in [0.2, 0.25) is 65.0 Å². The van der Waals surface area contributed by atoms with Gasteiger partial charge in [-0.05, 0) is 136 Å². The number of amides is 11. The van der Waals surface area contributed by atoms with Gasteiger partial charge in [-0.2, -0.15) is 0 Å². The first-order valence-corrected chi connectivity index (χ1v) is 40.9. The second-order valence-corrected chi connectivity index (χ2v) is 32.1. The highest BCUT2D eigenvalue weighted by Gasteiger charge is 2.50. The topological polar surface area (TPSA) is 462 Å². The van der Waals surface area contributed by atoms with Gasteiger partial charge in [-0.1, -0.05) is 73.5 Å². The molecule has 11 amide bonds. The number of Topliss-reactive ketones (excluding diaryl/α,β-unsaturated/α-hetero) is 2. The van der Waals surface area contributed by atoms with Gasteiger partial charge in [0, 0.05) is 120 Å². The summed E-state index contributed by atoms with van der Waals surface area (Å²) in [6.45, 7) is 2.73. The Morgan fingerprint density at radius 1 is 0.689 bits per heavy atom. The molecule has 7 aliphatic heterocycles. The van der Waals surface area contributed by atoms with Crippen LogP contribution in [0, 0.1) is 17.7 Å². The van der Waals surface area contributed by atoms with Crippen molar-refractivity contribution in [3.8, 4) is 5.75 Å². The van der Waals surface area contributed by atoms with E-state index < -0.39 is 219 Å². The van der Waals surface area contributed by atoms with E-state index in [1.165, 1.54) is 42.9 Å². The van der Waals surface area contributed by atoms with Crippen LogP contribution in [0.3, 0.4) is 0 Å². The maximum Gasteiger partial charge on any atom is 0.246 e. The number of methoxy groups -OCH3 is 1. The largest absolute Gasteiger partial charge is 0.497 e. The van der Waals surface area contributed by atoms with Crippen LogP contribution in [0.2, 0.25) is 0 Å². The van der Waals surface area contributed by atoms with E-state index in [0.29, 0.717) is 84.0 Å². The molecule has 5 unspecified atom stereocenters. The lowest BCUT2D eigenvalue weighted by Crippen LogP contribution is -2.63. The number of ether oxygens (including phenoxy) is 3. The monoisotopic (exact) mass is 1650 g/mol. The minimum Gasteiger partial charge on any atom is -0.497 e. The summed E-state index contributed by atoms with van der Waals surface area (Å²) in [5.74, 6) is -13.4. The summed E-state index contributed by atoms with van der Waals surface area (Å²) < 4.78 is 34.9. The summed E-state index contributed by atoms with van der Waals surface area (Å²) in [4.78, 5) is 197. The molecule has 642 valence electrons. The van der Waals surface area contributed by atoms with Crippen molar-refractivity contribution in [3.63, 3.8) is 0 Å². The molecule has 13 N–H and O–H groups in total. The number of rotatable bonds is 11. The number of aliphatic hydroxyl groups excluding tert-OH is 5. The first-order valence-electron chi connectivity index (χ1n) is 40.9. The lowest BCUT2D eigenvalue weighted by atomic mass is 9.87. The number of aromatic nitrogens is 1. The quantitative estimate of drug-likeness (QED) is 0.0838. The molecule has 0 aliphatic carbocycles. The number of carbonyl (C=O) groups excluding carboxylic acids is 13. The minimum absolute atomic E-state index is 0.0872. The molecule has 3 fully saturated rings. The Labute approximate surface area is 687 Å². The van der Waals surface area contributed by atoms with Crippen molar-refractivity contribution in [2.24, 2.45) is 11.8 Å². The Morgan fingerprint density at radius 3 is 2.15 bits per heavy atom. The third-order valence-electron chi connectivity index (χ3n) is 23.4. The van der Waals surface area contributed by atoms with Crippen molar-refractivity contribution in [1.29, 1.82) is 0 Å². The van der Waals surface area contributed by atoms with Crippen LogP contribution in [0.5, 0.6) is 5.75 Å². The average molecular weight is 1650 g/mol. The van der Waals surface area contributed by atoms with E-state index in [1.807, 2.05) is 28.8 Å². The molecule has 15 atom stereocenters. The Morgan fingerprint density at radius 2 is 1.41 bits per heavy atom. The third-order valence-corrected chi connectivity index (χ3v) is 23.4. The predicted molar refractivity (Wildman–Crippen MR) is 425 cm³/mol. The van der Waals surface area contributed by atoms with Crippen LogP contribution in [0.1, 0.15) is 138 Å². The molecule has 7 aliphatic rings. The van der Waals surface area contributed by atoms with Crippen molar-refractivity contribution < 1.29 is 106 Å². The number of aliphatic hydroxyl groups is 5. The fourth-order valence-corrected chi connectivity index (χ4v) is 16.5. The zero-order chi connectivity index (χ0) is 85.4. The van der Waals surface area contributed by atoms with Gasteiger partial charge in [0.15, 0.2) is 17.8 Å². The zero-order valence-electron chi connectivity index (χ0n) is 67.3. The van der Waals surface area contributed by atoms with Gasteiger partial charge >= 0.3 is 0 Å². The number of hydrogen-bond acceptors (Lipinski definition) is 21. The Kier molecular flexibility index (Phi) is 30.6. The molecule has 12 bridgehead atoms. The molecule has 0 spiro atoms. The summed E-state index contributed by atoms with van der Waals surface area (Å²) in [6, 6.07) is 17.0. The minimum atomic E-state index is -1.86. The summed E-state index contributed by atoms with van der Waals surface area (Å²) in [7, 11) is 1.48. The van der Waals surface area contributed by atoms with Gasteiger partial charge in [-0.15, -0.1) is 0 Å². The van der Waals surface area contributed by atoms with E-state index >= 15 is 33.2 Å². The molecule has 0 radical (unpaired) electrons. The second-order valence-electron chi connectivity index (χ2n) is 32.1. The summed E-state index contributed by atoms with van der Waals surface area (Å²) in [5.41, 5.74) is 2.59. The van der Waals surface area contributed by atoms with Gasteiger partial charge in [-0.3, -0.25) is 62.3 Å². The van der Waals surface area contributed by atoms with Gasteiger partial charge in [0.25, 0.3) is 0 Å². The number of carbonyl (C=O) groups is 13. The van der Waals surface area contributed by atoms with Gasteiger partial charge in [0.1, 0.15) is 72.3 Å². The van der Waals surface area contributed by atoms with Crippen molar-refractivity contribution in [1.82, 2.24) is 61.8 Å².